The van der Waals surface area contributed by atoms with Gasteiger partial charge in [-0.2, -0.15) is 0 Å². The number of esters is 1. The van der Waals surface area contributed by atoms with Gasteiger partial charge in [0, 0.05) is 0 Å². The van der Waals surface area contributed by atoms with Gasteiger partial charge < -0.3 is 4.74 Å². The maximum absolute atomic E-state index is 11.3. The van der Waals surface area contributed by atoms with Crippen LogP contribution >= 0.6 is 0 Å². The van der Waals surface area contributed by atoms with Crippen molar-refractivity contribution in [1.82, 2.24) is 0 Å². The van der Waals surface area contributed by atoms with Crippen LogP contribution in [0.5, 0.6) is 0 Å². The predicted molar refractivity (Wildman–Crippen MR) is 51.9 cm³/mol. The highest BCUT2D eigenvalue weighted by molar-refractivity contribution is 5.91. The van der Waals surface area contributed by atoms with Gasteiger partial charge in [-0.1, -0.05) is 19.1 Å². The number of ether oxygens (including phenoxy) is 1. The second kappa shape index (κ2) is 4.08. The normalized spacial score (nSPS) is 9.77. The van der Waals surface area contributed by atoms with Gasteiger partial charge in [-0.05, 0) is 30.5 Å². The number of hydrogen-bond donors (Lipinski definition) is 0. The van der Waals surface area contributed by atoms with Crippen LogP contribution in [0.1, 0.15) is 28.4 Å². The summed E-state index contributed by atoms with van der Waals surface area (Å²) in [6, 6.07) is 5.71. The van der Waals surface area contributed by atoms with Crippen molar-refractivity contribution in [2.45, 2.75) is 20.3 Å². The van der Waals surface area contributed by atoms with E-state index in [2.05, 4.69) is 11.7 Å². The summed E-state index contributed by atoms with van der Waals surface area (Å²) in [5, 5.41) is 0. The summed E-state index contributed by atoms with van der Waals surface area (Å²) in [4.78, 5) is 11.3. The van der Waals surface area contributed by atoms with Crippen molar-refractivity contribution >= 4 is 5.97 Å². The highest BCUT2D eigenvalue weighted by Gasteiger charge is 2.09. The van der Waals surface area contributed by atoms with Crippen LogP contribution in [0.3, 0.4) is 0 Å². The number of methoxy groups -OCH3 is 1. The Bertz CT molecular complexity index is 316. The molecule has 1 aromatic carbocycles. The highest BCUT2D eigenvalue weighted by Crippen LogP contribution is 2.14. The first-order chi connectivity index (χ1) is 6.20. The summed E-state index contributed by atoms with van der Waals surface area (Å²) >= 11 is 0. The number of carbonyl (C=O) groups excluding carboxylic acids is 1. The standard InChI is InChI=1S/C11H14O2/c1-4-9-6-5-7-10(8(9)2)11(12)13-3/h5-7H,4H2,1-3H3. The first kappa shape index (κ1) is 9.78. The molecule has 1 aromatic rings. The van der Waals surface area contributed by atoms with Crippen molar-refractivity contribution in [3.63, 3.8) is 0 Å². The molecule has 2 heteroatoms. The van der Waals surface area contributed by atoms with Crippen LogP contribution in [0.4, 0.5) is 0 Å². The van der Waals surface area contributed by atoms with E-state index in [1.807, 2.05) is 19.1 Å². The van der Waals surface area contributed by atoms with Crippen LogP contribution in [0, 0.1) is 6.92 Å². The van der Waals surface area contributed by atoms with Gasteiger partial charge in [-0.3, -0.25) is 0 Å². The zero-order valence-electron chi connectivity index (χ0n) is 8.26. The Kier molecular flexibility index (Phi) is 3.07. The van der Waals surface area contributed by atoms with Crippen molar-refractivity contribution in [3.05, 3.63) is 34.9 Å². The minimum atomic E-state index is -0.257. The summed E-state index contributed by atoms with van der Waals surface area (Å²) in [7, 11) is 1.40. The molecule has 70 valence electrons. The first-order valence-corrected chi connectivity index (χ1v) is 4.37. The molecule has 0 spiro atoms. The van der Waals surface area contributed by atoms with Crippen molar-refractivity contribution < 1.29 is 9.53 Å². The number of carbonyl (C=O) groups is 1. The first-order valence-electron chi connectivity index (χ1n) is 4.37. The average Bonchev–Trinajstić information content (AvgIpc) is 2.17. The third-order valence-corrected chi connectivity index (χ3v) is 2.23. The second-order valence-corrected chi connectivity index (χ2v) is 2.93. The molecular weight excluding hydrogens is 164 g/mol. The number of aryl methyl sites for hydroxylation is 1. The van der Waals surface area contributed by atoms with Crippen LogP contribution < -0.4 is 0 Å². The molecule has 0 radical (unpaired) electrons. The summed E-state index contributed by atoms with van der Waals surface area (Å²) in [6.45, 7) is 4.02. The van der Waals surface area contributed by atoms with E-state index >= 15 is 0 Å². The van der Waals surface area contributed by atoms with E-state index in [-0.39, 0.29) is 5.97 Å². The Morgan fingerprint density at radius 3 is 2.69 bits per heavy atom. The topological polar surface area (TPSA) is 26.3 Å². The lowest BCUT2D eigenvalue weighted by molar-refractivity contribution is 0.0600. The molecule has 0 aliphatic heterocycles. The van der Waals surface area contributed by atoms with Crippen molar-refractivity contribution in [3.8, 4) is 0 Å². The molecule has 13 heavy (non-hydrogen) atoms. The Hall–Kier alpha value is -1.31. The summed E-state index contributed by atoms with van der Waals surface area (Å²) in [6.07, 6.45) is 0.941. The molecular formula is C11H14O2. The number of hydrogen-bond acceptors (Lipinski definition) is 2. The summed E-state index contributed by atoms with van der Waals surface area (Å²) < 4.78 is 4.68. The Balaban J connectivity index is 3.15. The van der Waals surface area contributed by atoms with Crippen molar-refractivity contribution in [1.29, 1.82) is 0 Å². The van der Waals surface area contributed by atoms with E-state index < -0.39 is 0 Å². The predicted octanol–water partition coefficient (Wildman–Crippen LogP) is 2.34. The Morgan fingerprint density at radius 1 is 1.46 bits per heavy atom. The largest absolute Gasteiger partial charge is 0.465 e. The maximum atomic E-state index is 11.3. The molecule has 0 aliphatic rings. The van der Waals surface area contributed by atoms with Gasteiger partial charge >= 0.3 is 5.97 Å². The lowest BCUT2D eigenvalue weighted by Crippen LogP contribution is -2.05. The van der Waals surface area contributed by atoms with Crippen molar-refractivity contribution in [2.24, 2.45) is 0 Å². The fourth-order valence-corrected chi connectivity index (χ4v) is 1.40. The molecule has 0 N–H and O–H groups in total. The van der Waals surface area contributed by atoms with Crippen LogP contribution in [-0.4, -0.2) is 13.1 Å². The van der Waals surface area contributed by atoms with Gasteiger partial charge in [0.05, 0.1) is 12.7 Å². The van der Waals surface area contributed by atoms with Gasteiger partial charge in [-0.15, -0.1) is 0 Å². The third kappa shape index (κ3) is 1.89. The number of rotatable bonds is 2. The van der Waals surface area contributed by atoms with Gasteiger partial charge in [0.1, 0.15) is 0 Å². The maximum Gasteiger partial charge on any atom is 0.338 e. The minimum Gasteiger partial charge on any atom is -0.465 e. The molecule has 0 aromatic heterocycles. The lowest BCUT2D eigenvalue weighted by atomic mass is 10.0. The molecule has 2 nitrogen and oxygen atoms in total. The van der Waals surface area contributed by atoms with Gasteiger partial charge in [0.25, 0.3) is 0 Å². The SMILES string of the molecule is CCc1cccc(C(=O)OC)c1C. The second-order valence-electron chi connectivity index (χ2n) is 2.93. The van der Waals surface area contributed by atoms with Crippen LogP contribution in [0.2, 0.25) is 0 Å². The van der Waals surface area contributed by atoms with E-state index in [4.69, 9.17) is 0 Å². The van der Waals surface area contributed by atoms with E-state index in [1.54, 1.807) is 6.07 Å². The average molecular weight is 178 g/mol. The summed E-state index contributed by atoms with van der Waals surface area (Å²) in [5.74, 6) is -0.257. The Labute approximate surface area is 78.5 Å². The lowest BCUT2D eigenvalue weighted by Gasteiger charge is -2.07. The molecule has 0 bridgehead atoms. The Morgan fingerprint density at radius 2 is 2.15 bits per heavy atom. The quantitative estimate of drug-likeness (QED) is 0.650. The zero-order valence-corrected chi connectivity index (χ0v) is 8.26. The molecule has 1 rings (SSSR count). The molecule has 0 aliphatic carbocycles. The molecule has 0 amide bonds. The fourth-order valence-electron chi connectivity index (χ4n) is 1.40. The molecule has 0 saturated heterocycles. The van der Waals surface area contributed by atoms with E-state index in [0.717, 1.165) is 12.0 Å². The third-order valence-electron chi connectivity index (χ3n) is 2.23. The molecule has 0 saturated carbocycles. The van der Waals surface area contributed by atoms with Gasteiger partial charge in [-0.25, -0.2) is 4.79 Å². The molecule has 0 atom stereocenters. The van der Waals surface area contributed by atoms with Crippen LogP contribution in [0.25, 0.3) is 0 Å². The van der Waals surface area contributed by atoms with Gasteiger partial charge in [0.2, 0.25) is 0 Å². The van der Waals surface area contributed by atoms with Crippen molar-refractivity contribution in [2.75, 3.05) is 7.11 Å². The zero-order chi connectivity index (χ0) is 9.84. The minimum absolute atomic E-state index is 0.257. The fraction of sp³-hybridized carbons (Fsp3) is 0.364. The van der Waals surface area contributed by atoms with E-state index in [9.17, 15) is 4.79 Å². The molecule has 0 fully saturated rings. The van der Waals surface area contributed by atoms with Crippen LogP contribution in [-0.2, 0) is 11.2 Å². The summed E-state index contributed by atoms with van der Waals surface area (Å²) in [5.41, 5.74) is 2.89. The highest BCUT2D eigenvalue weighted by atomic mass is 16.5. The van der Waals surface area contributed by atoms with Gasteiger partial charge in [0.15, 0.2) is 0 Å². The molecule has 0 heterocycles. The van der Waals surface area contributed by atoms with Crippen LogP contribution in [0.15, 0.2) is 18.2 Å². The van der Waals surface area contributed by atoms with E-state index in [1.165, 1.54) is 12.7 Å². The monoisotopic (exact) mass is 178 g/mol. The smallest absolute Gasteiger partial charge is 0.338 e. The van der Waals surface area contributed by atoms with E-state index in [0.29, 0.717) is 5.56 Å². The molecule has 0 unspecified atom stereocenters. The number of benzene rings is 1.